The Morgan fingerprint density at radius 3 is 2.78 bits per heavy atom. The van der Waals surface area contributed by atoms with Gasteiger partial charge in [0.05, 0.1) is 12.2 Å². The Morgan fingerprint density at radius 2 is 2.00 bits per heavy atom. The second-order valence-electron chi connectivity index (χ2n) is 5.02. The molecule has 0 N–H and O–H groups in total. The Bertz CT molecular complexity index is 504. The Labute approximate surface area is 106 Å². The highest BCUT2D eigenvalue weighted by atomic mass is 16.5. The molecule has 2 aliphatic rings. The topological polar surface area (TPSA) is 35.5 Å². The van der Waals surface area contributed by atoms with Crippen LogP contribution in [0.4, 0.5) is 0 Å². The lowest BCUT2D eigenvalue weighted by molar-refractivity contribution is -0.139. The van der Waals surface area contributed by atoms with Gasteiger partial charge in [-0.3, -0.25) is 0 Å². The lowest BCUT2D eigenvalue weighted by atomic mass is 9.90. The highest BCUT2D eigenvalue weighted by Crippen LogP contribution is 2.43. The zero-order valence-corrected chi connectivity index (χ0v) is 10.4. The van der Waals surface area contributed by atoms with Crippen molar-refractivity contribution in [1.29, 1.82) is 0 Å². The fourth-order valence-electron chi connectivity index (χ4n) is 2.63. The van der Waals surface area contributed by atoms with Crippen molar-refractivity contribution >= 4 is 5.97 Å². The second-order valence-corrected chi connectivity index (χ2v) is 5.02. The molecule has 0 bridgehead atoms. The molecule has 1 aromatic rings. The molecule has 1 unspecified atom stereocenters. The number of carbonyl (C=O) groups excluding carboxylic acids is 1. The largest absolute Gasteiger partial charge is 0.486 e. The van der Waals surface area contributed by atoms with Gasteiger partial charge in [0.1, 0.15) is 11.4 Å². The van der Waals surface area contributed by atoms with Gasteiger partial charge >= 0.3 is 5.97 Å². The van der Waals surface area contributed by atoms with Gasteiger partial charge in [-0.15, -0.1) is 0 Å². The minimum atomic E-state index is -0.428. The van der Waals surface area contributed by atoms with Gasteiger partial charge in [-0.05, 0) is 18.9 Å². The predicted molar refractivity (Wildman–Crippen MR) is 66.7 cm³/mol. The Kier molecular flexibility index (Phi) is 2.62. The fraction of sp³-hybridized carbons (Fsp3) is 0.400. The van der Waals surface area contributed by atoms with Crippen LogP contribution in [0.3, 0.4) is 0 Å². The van der Waals surface area contributed by atoms with E-state index in [9.17, 15) is 4.79 Å². The third kappa shape index (κ3) is 1.80. The summed E-state index contributed by atoms with van der Waals surface area (Å²) in [4.78, 5) is 11.9. The molecule has 1 atom stereocenters. The zero-order valence-electron chi connectivity index (χ0n) is 10.4. The van der Waals surface area contributed by atoms with Gasteiger partial charge in [-0.25, -0.2) is 4.79 Å². The predicted octanol–water partition coefficient (Wildman–Crippen LogP) is 2.91. The molecular weight excluding hydrogens is 228 g/mol. The highest BCUT2D eigenvalue weighted by Gasteiger charge is 2.41. The summed E-state index contributed by atoms with van der Waals surface area (Å²) in [6.07, 6.45) is 2.24. The smallest absolute Gasteiger partial charge is 0.337 e. The van der Waals surface area contributed by atoms with Crippen LogP contribution in [0.15, 0.2) is 41.7 Å². The summed E-state index contributed by atoms with van der Waals surface area (Å²) in [6, 6.07) is 10.0. The van der Waals surface area contributed by atoms with Gasteiger partial charge in [-0.2, -0.15) is 0 Å². The maximum Gasteiger partial charge on any atom is 0.337 e. The van der Waals surface area contributed by atoms with Crippen molar-refractivity contribution in [2.75, 3.05) is 6.61 Å². The monoisotopic (exact) mass is 244 g/mol. The van der Waals surface area contributed by atoms with Gasteiger partial charge in [0, 0.05) is 12.8 Å². The minimum absolute atomic E-state index is 0.206. The molecular formula is C15H16O3. The molecule has 2 heterocycles. The maximum atomic E-state index is 11.9. The van der Waals surface area contributed by atoms with Crippen molar-refractivity contribution < 1.29 is 14.3 Å². The van der Waals surface area contributed by atoms with Crippen molar-refractivity contribution in [2.24, 2.45) is 0 Å². The maximum absolute atomic E-state index is 11.9. The molecule has 0 spiro atoms. The number of esters is 1. The third-order valence-corrected chi connectivity index (χ3v) is 3.61. The zero-order chi connectivity index (χ0) is 12.6. The van der Waals surface area contributed by atoms with Crippen LogP contribution >= 0.6 is 0 Å². The summed E-state index contributed by atoms with van der Waals surface area (Å²) in [5.41, 5.74) is 1.40. The molecule has 2 aliphatic heterocycles. The van der Waals surface area contributed by atoms with E-state index in [4.69, 9.17) is 9.47 Å². The van der Waals surface area contributed by atoms with Crippen LogP contribution in [0.1, 0.15) is 31.7 Å². The number of cyclic esters (lactones) is 1. The van der Waals surface area contributed by atoms with E-state index in [2.05, 4.69) is 0 Å². The Hall–Kier alpha value is -1.77. The summed E-state index contributed by atoms with van der Waals surface area (Å²) in [5, 5.41) is 0. The van der Waals surface area contributed by atoms with E-state index in [0.717, 1.165) is 29.7 Å². The number of rotatable bonds is 1. The van der Waals surface area contributed by atoms with Crippen LogP contribution in [0, 0.1) is 0 Å². The van der Waals surface area contributed by atoms with Crippen molar-refractivity contribution in [2.45, 2.75) is 31.8 Å². The molecule has 3 heteroatoms. The fourth-order valence-corrected chi connectivity index (χ4v) is 2.63. The molecule has 0 aromatic heterocycles. The quantitative estimate of drug-likeness (QED) is 0.712. The minimum Gasteiger partial charge on any atom is -0.486 e. The van der Waals surface area contributed by atoms with Gasteiger partial charge < -0.3 is 9.47 Å². The molecule has 18 heavy (non-hydrogen) atoms. The number of hydrogen-bond donors (Lipinski definition) is 0. The first-order valence-corrected chi connectivity index (χ1v) is 6.33. The van der Waals surface area contributed by atoms with Crippen molar-refractivity contribution in [1.82, 2.24) is 0 Å². The molecule has 0 fully saturated rings. The number of hydrogen-bond acceptors (Lipinski definition) is 3. The van der Waals surface area contributed by atoms with Gasteiger partial charge in [-0.1, -0.05) is 30.3 Å². The van der Waals surface area contributed by atoms with Crippen LogP contribution in [0.25, 0.3) is 0 Å². The molecule has 94 valence electrons. The molecule has 0 aliphatic carbocycles. The highest BCUT2D eigenvalue weighted by molar-refractivity contribution is 5.90. The first-order chi connectivity index (χ1) is 8.69. The second kappa shape index (κ2) is 4.16. The van der Waals surface area contributed by atoms with Gasteiger partial charge in [0.2, 0.25) is 0 Å². The first-order valence-electron chi connectivity index (χ1n) is 6.33. The SMILES string of the molecule is CC1(c2ccccc2)CC2=C(CCCOC2=O)O1. The molecule has 3 nitrogen and oxygen atoms in total. The van der Waals surface area contributed by atoms with E-state index in [1.165, 1.54) is 0 Å². The summed E-state index contributed by atoms with van der Waals surface area (Å²) in [6.45, 7) is 2.53. The number of benzene rings is 1. The number of ether oxygens (including phenoxy) is 2. The lowest BCUT2D eigenvalue weighted by Gasteiger charge is -2.26. The molecule has 0 radical (unpaired) electrons. The standard InChI is InChI=1S/C15H16O3/c1-15(11-6-3-2-4-7-11)10-12-13(18-15)8-5-9-17-14(12)16/h2-4,6-7H,5,8-10H2,1H3. The summed E-state index contributed by atoms with van der Waals surface area (Å²) in [7, 11) is 0. The Morgan fingerprint density at radius 1 is 1.22 bits per heavy atom. The normalized spacial score (nSPS) is 27.3. The van der Waals surface area contributed by atoms with Crippen LogP contribution in [-0.2, 0) is 19.9 Å². The van der Waals surface area contributed by atoms with Crippen molar-refractivity contribution in [3.63, 3.8) is 0 Å². The van der Waals surface area contributed by atoms with Crippen LogP contribution in [0.2, 0.25) is 0 Å². The van der Waals surface area contributed by atoms with E-state index in [0.29, 0.717) is 13.0 Å². The van der Waals surface area contributed by atoms with Crippen LogP contribution in [0.5, 0.6) is 0 Å². The van der Waals surface area contributed by atoms with Gasteiger partial charge in [0.15, 0.2) is 0 Å². The number of allylic oxidation sites excluding steroid dienone is 1. The molecule has 0 amide bonds. The average molecular weight is 244 g/mol. The third-order valence-electron chi connectivity index (χ3n) is 3.61. The van der Waals surface area contributed by atoms with Crippen molar-refractivity contribution in [3.05, 3.63) is 47.2 Å². The molecule has 0 saturated carbocycles. The van der Waals surface area contributed by atoms with E-state index < -0.39 is 5.60 Å². The molecule has 1 aromatic carbocycles. The van der Waals surface area contributed by atoms with E-state index in [1.807, 2.05) is 37.3 Å². The first kappa shape index (κ1) is 11.3. The summed E-state index contributed by atoms with van der Waals surface area (Å²) < 4.78 is 11.2. The average Bonchev–Trinajstić information content (AvgIpc) is 2.66. The van der Waals surface area contributed by atoms with Crippen LogP contribution in [-0.4, -0.2) is 12.6 Å². The van der Waals surface area contributed by atoms with E-state index in [1.54, 1.807) is 0 Å². The molecule has 3 rings (SSSR count). The van der Waals surface area contributed by atoms with Crippen molar-refractivity contribution in [3.8, 4) is 0 Å². The molecule has 0 saturated heterocycles. The lowest BCUT2D eigenvalue weighted by Crippen LogP contribution is -2.22. The van der Waals surface area contributed by atoms with Gasteiger partial charge in [0.25, 0.3) is 0 Å². The van der Waals surface area contributed by atoms with E-state index >= 15 is 0 Å². The summed E-state index contributed by atoms with van der Waals surface area (Å²) >= 11 is 0. The summed E-state index contributed by atoms with van der Waals surface area (Å²) in [5.74, 6) is 0.617. The van der Waals surface area contributed by atoms with Crippen LogP contribution < -0.4 is 0 Å². The number of carbonyl (C=O) groups is 1. The Balaban J connectivity index is 1.91. The van der Waals surface area contributed by atoms with E-state index in [-0.39, 0.29) is 5.97 Å².